The maximum atomic E-state index is 14.6. The quantitative estimate of drug-likeness (QED) is 0.0566. The molecule has 0 spiro atoms. The summed E-state index contributed by atoms with van der Waals surface area (Å²) in [7, 11) is 0. The molecule has 2 fully saturated rings. The molecule has 12 nitrogen and oxygen atoms in total. The fourth-order valence-electron chi connectivity index (χ4n) is 8.03. The number of aromatic hydroxyl groups is 1. The van der Waals surface area contributed by atoms with Crippen LogP contribution < -0.4 is 23.9 Å². The molecule has 2 atom stereocenters. The Morgan fingerprint density at radius 3 is 1.69 bits per heavy atom. The standard InChI is InChI=1S/C51H58O12Te2/c1-9-51(29-10-11-30-51)62-42(53)32-59-35-16-24-39(25-17-35)64-37-20-12-33(13-21-37)49(6,7)63-45(56)48(4,5)50(8,46(57)61-41-28-31-58-43(41)54)47(2,3)44(55)60-36-18-26-40(27-19-36)65-38-22-14-34(52)15-23-38/h12-27,41,52H,9-11,28-32H2,1-8H3. The Hall–Kier alpha value is -4.59. The fourth-order valence-corrected chi connectivity index (χ4v) is 12.7. The van der Waals surface area contributed by atoms with Crippen molar-refractivity contribution in [3.05, 3.63) is 103 Å². The van der Waals surface area contributed by atoms with Gasteiger partial charge >= 0.3 is 388 Å². The number of ether oxygens (including phenoxy) is 6. The van der Waals surface area contributed by atoms with E-state index in [1.807, 2.05) is 72.8 Å². The summed E-state index contributed by atoms with van der Waals surface area (Å²) in [6.45, 7) is 13.1. The second kappa shape index (κ2) is 20.5. The number of esters is 5. The van der Waals surface area contributed by atoms with Crippen LogP contribution in [-0.4, -0.2) is 102 Å². The van der Waals surface area contributed by atoms with Crippen LogP contribution in [0.4, 0.5) is 0 Å². The van der Waals surface area contributed by atoms with Crippen LogP contribution in [0.5, 0.6) is 17.2 Å². The van der Waals surface area contributed by atoms with Crippen LogP contribution >= 0.6 is 0 Å². The van der Waals surface area contributed by atoms with Crippen LogP contribution in [0.2, 0.25) is 0 Å². The Morgan fingerprint density at radius 2 is 1.18 bits per heavy atom. The normalized spacial score (nSPS) is 17.0. The molecule has 0 amide bonds. The molecule has 1 aliphatic heterocycles. The number of carbonyl (C=O) groups is 5. The molecule has 1 aliphatic carbocycles. The van der Waals surface area contributed by atoms with Crippen LogP contribution in [0.25, 0.3) is 0 Å². The SMILES string of the molecule is CCC1(OC(=O)COc2ccc([Te]c3ccc(C(C)(C)OC(=O)C(C)(C)C(C)(C(=O)OC4CCOC4=O)C(C)(C)C(=O)Oc4ccc([Te]c5ccc(O)cc5)cc4)cc3)cc2)CCCC1. The molecule has 14 heteroatoms. The summed E-state index contributed by atoms with van der Waals surface area (Å²) >= 11 is -1.58. The molecular formula is C51H58O12Te2. The third-order valence-electron chi connectivity index (χ3n) is 13.0. The molecule has 0 bridgehead atoms. The third-order valence-corrected chi connectivity index (χ3v) is 18.8. The van der Waals surface area contributed by atoms with Crippen LogP contribution in [0.15, 0.2) is 97.1 Å². The van der Waals surface area contributed by atoms with Crippen LogP contribution in [0.3, 0.4) is 0 Å². The number of cyclic esters (lactones) is 1. The van der Waals surface area contributed by atoms with Crippen molar-refractivity contribution in [2.75, 3.05) is 13.2 Å². The van der Waals surface area contributed by atoms with Gasteiger partial charge in [-0.1, -0.05) is 0 Å². The second-order valence-corrected chi connectivity index (χ2v) is 24.7. The van der Waals surface area contributed by atoms with Gasteiger partial charge in [0.05, 0.1) is 6.61 Å². The van der Waals surface area contributed by atoms with Gasteiger partial charge in [-0.2, -0.15) is 0 Å². The molecule has 6 rings (SSSR count). The number of hydrogen-bond donors (Lipinski definition) is 1. The molecule has 1 heterocycles. The van der Waals surface area contributed by atoms with Gasteiger partial charge in [0.25, 0.3) is 0 Å². The van der Waals surface area contributed by atoms with Crippen LogP contribution in [-0.2, 0) is 48.5 Å². The topological polar surface area (TPSA) is 161 Å². The van der Waals surface area contributed by atoms with E-state index in [4.69, 9.17) is 28.4 Å². The summed E-state index contributed by atoms with van der Waals surface area (Å²) in [6.07, 6.45) is 3.70. The van der Waals surface area contributed by atoms with E-state index in [1.165, 1.54) is 34.6 Å². The van der Waals surface area contributed by atoms with E-state index in [0.29, 0.717) is 11.3 Å². The van der Waals surface area contributed by atoms with E-state index in [1.54, 1.807) is 38.1 Å². The van der Waals surface area contributed by atoms with Crippen molar-refractivity contribution in [2.45, 2.75) is 111 Å². The van der Waals surface area contributed by atoms with Crippen molar-refractivity contribution in [2.24, 2.45) is 16.2 Å². The summed E-state index contributed by atoms with van der Waals surface area (Å²) in [5.74, 6) is -2.51. The molecule has 2 aliphatic rings. The zero-order valence-electron chi connectivity index (χ0n) is 38.2. The van der Waals surface area contributed by atoms with E-state index in [0.717, 1.165) is 46.5 Å². The average Bonchev–Trinajstić information content (AvgIpc) is 3.92. The average molecular weight is 1120 g/mol. The van der Waals surface area contributed by atoms with Crippen LogP contribution in [0.1, 0.15) is 99.5 Å². The summed E-state index contributed by atoms with van der Waals surface area (Å²) in [5.41, 5.74) is -6.19. The van der Waals surface area contributed by atoms with Crippen LogP contribution in [0, 0.1) is 16.2 Å². The first-order valence-corrected chi connectivity index (χ1v) is 26.5. The Morgan fingerprint density at radius 1 is 0.692 bits per heavy atom. The van der Waals surface area contributed by atoms with Gasteiger partial charge < -0.3 is 4.74 Å². The molecule has 346 valence electrons. The van der Waals surface area contributed by atoms with Gasteiger partial charge in [0.15, 0.2) is 0 Å². The summed E-state index contributed by atoms with van der Waals surface area (Å²) in [5, 5.41) is 9.64. The first kappa shape index (κ1) is 49.8. The van der Waals surface area contributed by atoms with E-state index in [9.17, 15) is 29.1 Å². The Balaban J connectivity index is 1.12. The van der Waals surface area contributed by atoms with Crippen molar-refractivity contribution in [3.63, 3.8) is 0 Å². The predicted octanol–water partition coefficient (Wildman–Crippen LogP) is 5.65. The van der Waals surface area contributed by atoms with Crippen molar-refractivity contribution in [1.82, 2.24) is 0 Å². The first-order chi connectivity index (χ1) is 30.7. The fraction of sp³-hybridized carbons (Fsp3) is 0.431. The third kappa shape index (κ3) is 11.5. The number of hydrogen-bond acceptors (Lipinski definition) is 12. The van der Waals surface area contributed by atoms with Gasteiger partial charge in [0.2, 0.25) is 0 Å². The predicted molar refractivity (Wildman–Crippen MR) is 246 cm³/mol. The molecule has 4 aromatic rings. The monoisotopic (exact) mass is 1120 g/mol. The van der Waals surface area contributed by atoms with Gasteiger partial charge in [-0.3, -0.25) is 0 Å². The Labute approximate surface area is 401 Å². The summed E-state index contributed by atoms with van der Waals surface area (Å²) in [4.78, 5) is 68.3. The second-order valence-electron chi connectivity index (χ2n) is 18.2. The zero-order chi connectivity index (χ0) is 47.2. The first-order valence-electron chi connectivity index (χ1n) is 21.8. The molecule has 2 unspecified atom stereocenters. The van der Waals surface area contributed by atoms with Gasteiger partial charge in [-0.05, 0) is 0 Å². The van der Waals surface area contributed by atoms with Crippen molar-refractivity contribution < 1.29 is 57.5 Å². The van der Waals surface area contributed by atoms with Crippen molar-refractivity contribution >= 4 is 86.1 Å². The molecule has 1 saturated heterocycles. The summed E-state index contributed by atoms with van der Waals surface area (Å²) < 4.78 is 39.0. The van der Waals surface area contributed by atoms with E-state index >= 15 is 0 Å². The Bertz CT molecular complexity index is 2330. The minimum absolute atomic E-state index is 0.0748. The van der Waals surface area contributed by atoms with Crippen molar-refractivity contribution in [1.29, 1.82) is 0 Å². The summed E-state index contributed by atoms with van der Waals surface area (Å²) in [6, 6.07) is 29.7. The number of rotatable bonds is 18. The molecule has 1 N–H and O–H groups in total. The molecule has 0 aromatic heterocycles. The molecule has 1 saturated carbocycles. The van der Waals surface area contributed by atoms with Crippen molar-refractivity contribution in [3.8, 4) is 17.2 Å². The number of benzene rings is 4. The van der Waals surface area contributed by atoms with E-state index in [2.05, 4.69) is 6.92 Å². The molecule has 0 radical (unpaired) electrons. The van der Waals surface area contributed by atoms with E-state index < -0.39 is 93.7 Å². The Kier molecular flexibility index (Phi) is 15.7. The van der Waals surface area contributed by atoms with Gasteiger partial charge in [-0.15, -0.1) is 0 Å². The molecular weight excluding hydrogens is 1060 g/mol. The maximum absolute atomic E-state index is 14.6. The van der Waals surface area contributed by atoms with Gasteiger partial charge in [0, 0.05) is 0 Å². The van der Waals surface area contributed by atoms with Gasteiger partial charge in [-0.25, -0.2) is 4.79 Å². The number of phenolic OH excluding ortho intramolecular Hbond substituents is 1. The molecule has 65 heavy (non-hydrogen) atoms. The van der Waals surface area contributed by atoms with Gasteiger partial charge in [0.1, 0.15) is 0 Å². The van der Waals surface area contributed by atoms with E-state index in [-0.39, 0.29) is 42.7 Å². The number of phenols is 1. The number of carbonyl (C=O) groups excluding carboxylic acids is 5. The molecule has 4 aromatic carbocycles. The zero-order valence-corrected chi connectivity index (χ0v) is 42.9. The minimum atomic E-state index is -1.94.